The maximum atomic E-state index is 9.59. The van der Waals surface area contributed by atoms with Crippen molar-refractivity contribution in [3.8, 4) is 6.07 Å². The molecule has 0 radical (unpaired) electrons. The van der Waals surface area contributed by atoms with Gasteiger partial charge in [0.1, 0.15) is 5.54 Å². The summed E-state index contributed by atoms with van der Waals surface area (Å²) in [4.78, 5) is 2.59. The van der Waals surface area contributed by atoms with Crippen molar-refractivity contribution < 1.29 is 0 Å². The Morgan fingerprint density at radius 1 is 1.33 bits per heavy atom. The molecule has 1 saturated heterocycles. The standard InChI is InChI=1S/C15H27N3/c1-3-6-14-7-4-5-10-18(14)12-15(11-16,17-2)13-8-9-13/h13-14,17H,3-10,12H2,1-2H3. The third kappa shape index (κ3) is 2.87. The molecule has 1 heterocycles. The molecule has 0 aromatic heterocycles. The van der Waals surface area contributed by atoms with E-state index in [1.54, 1.807) is 0 Å². The Morgan fingerprint density at radius 3 is 2.67 bits per heavy atom. The van der Waals surface area contributed by atoms with Gasteiger partial charge in [0, 0.05) is 12.6 Å². The van der Waals surface area contributed by atoms with Crippen LogP contribution >= 0.6 is 0 Å². The van der Waals surface area contributed by atoms with Crippen LogP contribution in [0.1, 0.15) is 51.9 Å². The van der Waals surface area contributed by atoms with Crippen LogP contribution in [-0.2, 0) is 0 Å². The molecular weight excluding hydrogens is 222 g/mol. The lowest BCUT2D eigenvalue weighted by Crippen LogP contribution is -2.56. The van der Waals surface area contributed by atoms with Gasteiger partial charge in [0.05, 0.1) is 6.07 Å². The van der Waals surface area contributed by atoms with Gasteiger partial charge in [-0.1, -0.05) is 19.8 Å². The first-order valence-electron chi connectivity index (χ1n) is 7.60. The van der Waals surface area contributed by atoms with Gasteiger partial charge in [-0.2, -0.15) is 5.26 Å². The Labute approximate surface area is 112 Å². The van der Waals surface area contributed by atoms with Crippen molar-refractivity contribution in [3.63, 3.8) is 0 Å². The largest absolute Gasteiger partial charge is 0.301 e. The highest BCUT2D eigenvalue weighted by molar-refractivity contribution is 5.16. The smallest absolute Gasteiger partial charge is 0.122 e. The van der Waals surface area contributed by atoms with Gasteiger partial charge >= 0.3 is 0 Å². The molecule has 2 unspecified atom stereocenters. The van der Waals surface area contributed by atoms with Gasteiger partial charge in [0.15, 0.2) is 0 Å². The van der Waals surface area contributed by atoms with Crippen LogP contribution in [0, 0.1) is 17.2 Å². The van der Waals surface area contributed by atoms with Crippen LogP contribution in [0.15, 0.2) is 0 Å². The van der Waals surface area contributed by atoms with E-state index in [1.165, 1.54) is 51.5 Å². The summed E-state index contributed by atoms with van der Waals surface area (Å²) in [6.45, 7) is 4.38. The molecule has 3 heteroatoms. The molecule has 2 fully saturated rings. The number of hydrogen-bond acceptors (Lipinski definition) is 3. The summed E-state index contributed by atoms with van der Waals surface area (Å²) in [6.07, 6.45) is 8.98. The van der Waals surface area contributed by atoms with E-state index in [1.807, 2.05) is 7.05 Å². The topological polar surface area (TPSA) is 39.1 Å². The highest BCUT2D eigenvalue weighted by atomic mass is 15.2. The first-order chi connectivity index (χ1) is 8.75. The maximum Gasteiger partial charge on any atom is 0.122 e. The Balaban J connectivity index is 2.02. The van der Waals surface area contributed by atoms with E-state index in [2.05, 4.69) is 23.2 Å². The third-order valence-electron chi connectivity index (χ3n) is 4.74. The number of nitrogens with one attached hydrogen (secondary N) is 1. The minimum Gasteiger partial charge on any atom is -0.301 e. The molecule has 0 aromatic rings. The fourth-order valence-corrected chi connectivity index (χ4v) is 3.42. The first kappa shape index (κ1) is 13.8. The van der Waals surface area contributed by atoms with Gasteiger partial charge in [0.25, 0.3) is 0 Å². The van der Waals surface area contributed by atoms with E-state index in [-0.39, 0.29) is 5.54 Å². The van der Waals surface area contributed by atoms with Crippen LogP contribution in [0.5, 0.6) is 0 Å². The van der Waals surface area contributed by atoms with Crippen molar-refractivity contribution in [1.29, 1.82) is 5.26 Å². The number of hydrogen-bond donors (Lipinski definition) is 1. The summed E-state index contributed by atoms with van der Waals surface area (Å²) < 4.78 is 0. The molecule has 2 aliphatic rings. The zero-order valence-electron chi connectivity index (χ0n) is 11.9. The van der Waals surface area contributed by atoms with Gasteiger partial charge < -0.3 is 5.32 Å². The average Bonchev–Trinajstić information content (AvgIpc) is 3.23. The minimum atomic E-state index is -0.288. The van der Waals surface area contributed by atoms with Crippen molar-refractivity contribution >= 4 is 0 Å². The number of piperidine rings is 1. The highest BCUT2D eigenvalue weighted by Gasteiger charge is 2.46. The van der Waals surface area contributed by atoms with E-state index < -0.39 is 0 Å². The third-order valence-corrected chi connectivity index (χ3v) is 4.74. The number of likely N-dealkylation sites (tertiary alicyclic amines) is 1. The molecule has 102 valence electrons. The second kappa shape index (κ2) is 6.04. The normalized spacial score (nSPS) is 28.6. The second-order valence-electron chi connectivity index (χ2n) is 6.02. The van der Waals surface area contributed by atoms with Gasteiger partial charge in [-0.05, 0) is 51.6 Å². The van der Waals surface area contributed by atoms with E-state index in [9.17, 15) is 5.26 Å². The van der Waals surface area contributed by atoms with Crippen LogP contribution < -0.4 is 5.32 Å². The van der Waals surface area contributed by atoms with Crippen LogP contribution in [0.3, 0.4) is 0 Å². The molecule has 1 aliphatic heterocycles. The minimum absolute atomic E-state index is 0.288. The molecule has 2 atom stereocenters. The van der Waals surface area contributed by atoms with Crippen molar-refractivity contribution in [1.82, 2.24) is 10.2 Å². The second-order valence-corrected chi connectivity index (χ2v) is 6.02. The lowest BCUT2D eigenvalue weighted by Gasteiger charge is -2.40. The zero-order chi connectivity index (χ0) is 13.0. The maximum absolute atomic E-state index is 9.59. The zero-order valence-corrected chi connectivity index (χ0v) is 11.9. The van der Waals surface area contributed by atoms with E-state index in [0.717, 1.165) is 6.54 Å². The highest BCUT2D eigenvalue weighted by Crippen LogP contribution is 2.40. The van der Waals surface area contributed by atoms with Crippen molar-refractivity contribution in [2.24, 2.45) is 5.92 Å². The molecule has 1 aliphatic carbocycles. The van der Waals surface area contributed by atoms with Crippen molar-refractivity contribution in [2.45, 2.75) is 63.5 Å². The lowest BCUT2D eigenvalue weighted by atomic mass is 9.90. The van der Waals surface area contributed by atoms with Crippen molar-refractivity contribution in [2.75, 3.05) is 20.1 Å². The van der Waals surface area contributed by atoms with E-state index >= 15 is 0 Å². The molecule has 1 saturated carbocycles. The summed E-state index contributed by atoms with van der Waals surface area (Å²) in [5.41, 5.74) is -0.288. The number of nitrogens with zero attached hydrogens (tertiary/aromatic N) is 2. The van der Waals surface area contributed by atoms with Gasteiger partial charge in [-0.25, -0.2) is 0 Å². The molecule has 2 rings (SSSR count). The van der Waals surface area contributed by atoms with E-state index in [0.29, 0.717) is 12.0 Å². The molecule has 18 heavy (non-hydrogen) atoms. The van der Waals surface area contributed by atoms with Crippen LogP contribution in [0.2, 0.25) is 0 Å². The molecule has 0 bridgehead atoms. The first-order valence-corrected chi connectivity index (χ1v) is 7.60. The van der Waals surface area contributed by atoms with E-state index in [4.69, 9.17) is 0 Å². The van der Waals surface area contributed by atoms with Gasteiger partial charge in [-0.15, -0.1) is 0 Å². The number of rotatable bonds is 6. The monoisotopic (exact) mass is 249 g/mol. The molecule has 0 amide bonds. The number of nitriles is 1. The number of likely N-dealkylation sites (N-methyl/N-ethyl adjacent to an activating group) is 1. The van der Waals surface area contributed by atoms with Crippen LogP contribution in [0.4, 0.5) is 0 Å². The molecule has 0 spiro atoms. The van der Waals surface area contributed by atoms with Gasteiger partial charge in [0.2, 0.25) is 0 Å². The summed E-state index contributed by atoms with van der Waals surface area (Å²) in [5, 5.41) is 12.9. The Bertz CT molecular complexity index is 303. The lowest BCUT2D eigenvalue weighted by molar-refractivity contribution is 0.106. The molecule has 0 aromatic carbocycles. The van der Waals surface area contributed by atoms with Crippen molar-refractivity contribution in [3.05, 3.63) is 0 Å². The molecular formula is C15H27N3. The summed E-state index contributed by atoms with van der Waals surface area (Å²) >= 11 is 0. The predicted molar refractivity (Wildman–Crippen MR) is 74.2 cm³/mol. The summed E-state index contributed by atoms with van der Waals surface area (Å²) in [5.74, 6) is 0.580. The Hall–Kier alpha value is -0.590. The van der Waals surface area contributed by atoms with Gasteiger partial charge in [-0.3, -0.25) is 4.90 Å². The van der Waals surface area contributed by atoms with Crippen LogP contribution in [-0.4, -0.2) is 36.6 Å². The fourth-order valence-electron chi connectivity index (χ4n) is 3.42. The van der Waals surface area contributed by atoms with Crippen LogP contribution in [0.25, 0.3) is 0 Å². The average molecular weight is 249 g/mol. The summed E-state index contributed by atoms with van der Waals surface area (Å²) in [7, 11) is 1.96. The molecule has 1 N–H and O–H groups in total. The quantitative estimate of drug-likeness (QED) is 0.786. The Morgan fingerprint density at radius 2 is 2.11 bits per heavy atom. The molecule has 3 nitrogen and oxygen atoms in total. The fraction of sp³-hybridized carbons (Fsp3) is 0.933. The Kier molecular flexibility index (Phi) is 4.64. The predicted octanol–water partition coefficient (Wildman–Crippen LogP) is 2.53. The summed E-state index contributed by atoms with van der Waals surface area (Å²) in [6, 6.07) is 3.30. The SMILES string of the molecule is CCCC1CCCCN1CC(C#N)(NC)C1CC1.